The molecule has 0 radical (unpaired) electrons. The van der Waals surface area contributed by atoms with E-state index in [-0.39, 0.29) is 10.8 Å². The van der Waals surface area contributed by atoms with E-state index in [1.165, 1.54) is 12.1 Å². The molecule has 0 unspecified atom stereocenters. The third-order valence-corrected chi connectivity index (χ3v) is 6.28. The Morgan fingerprint density at radius 1 is 0.857 bits per heavy atom. The van der Waals surface area contributed by atoms with Crippen molar-refractivity contribution in [3.63, 3.8) is 0 Å². The molecule has 0 aliphatic rings. The lowest BCUT2D eigenvalue weighted by molar-refractivity contribution is 0.102. The average Bonchev–Trinajstić information content (AvgIpc) is 2.66. The summed E-state index contributed by atoms with van der Waals surface area (Å²) in [4.78, 5) is 12.8. The Morgan fingerprint density at radius 3 is 2.14 bits per heavy atom. The fraction of sp³-hybridized carbons (Fsp3) is 0.0952. The van der Waals surface area contributed by atoms with Crippen LogP contribution >= 0.6 is 22.6 Å². The number of aryl methyl sites for hydroxylation is 2. The van der Waals surface area contributed by atoms with E-state index in [4.69, 9.17) is 0 Å². The van der Waals surface area contributed by atoms with E-state index < -0.39 is 10.0 Å². The highest BCUT2D eigenvalue weighted by atomic mass is 127. The van der Waals surface area contributed by atoms with Gasteiger partial charge in [-0.05, 0) is 96.1 Å². The topological polar surface area (TPSA) is 75.3 Å². The first-order valence-corrected chi connectivity index (χ1v) is 11.1. The molecule has 0 aliphatic heterocycles. The van der Waals surface area contributed by atoms with Gasteiger partial charge in [0, 0.05) is 14.8 Å². The molecule has 0 heterocycles. The zero-order valence-electron chi connectivity index (χ0n) is 15.4. The first kappa shape index (κ1) is 20.3. The summed E-state index contributed by atoms with van der Waals surface area (Å²) in [5.41, 5.74) is 3.27. The minimum absolute atomic E-state index is 0.186. The van der Waals surface area contributed by atoms with Gasteiger partial charge in [0.15, 0.2) is 0 Å². The van der Waals surface area contributed by atoms with Gasteiger partial charge in [0.05, 0.1) is 10.6 Å². The van der Waals surface area contributed by atoms with E-state index in [0.717, 1.165) is 14.8 Å². The number of rotatable bonds is 5. The fourth-order valence-electron chi connectivity index (χ4n) is 2.68. The minimum atomic E-state index is -3.68. The average molecular weight is 506 g/mol. The maximum Gasteiger partial charge on any atom is 0.261 e. The van der Waals surface area contributed by atoms with E-state index in [0.29, 0.717) is 16.8 Å². The molecule has 0 aliphatic carbocycles. The number of carbonyl (C=O) groups is 1. The van der Waals surface area contributed by atoms with Crippen LogP contribution in [0.2, 0.25) is 0 Å². The highest BCUT2D eigenvalue weighted by Gasteiger charge is 2.16. The zero-order valence-corrected chi connectivity index (χ0v) is 18.3. The van der Waals surface area contributed by atoms with Gasteiger partial charge in [0.25, 0.3) is 15.9 Å². The van der Waals surface area contributed by atoms with Gasteiger partial charge in [-0.25, -0.2) is 8.42 Å². The lowest BCUT2D eigenvalue weighted by atomic mass is 10.1. The Hall–Kier alpha value is -2.39. The van der Waals surface area contributed by atoms with E-state index in [9.17, 15) is 13.2 Å². The minimum Gasteiger partial charge on any atom is -0.322 e. The maximum atomic E-state index is 12.6. The SMILES string of the molecule is Cc1cc(I)ccc1NC(=O)c1ccc(NS(=O)(=O)c2ccccc2)c(C)c1. The molecule has 0 fully saturated rings. The van der Waals surface area contributed by atoms with Gasteiger partial charge in [0.2, 0.25) is 0 Å². The summed E-state index contributed by atoms with van der Waals surface area (Å²) in [6, 6.07) is 18.8. The van der Waals surface area contributed by atoms with Crippen molar-refractivity contribution in [2.75, 3.05) is 10.0 Å². The molecule has 5 nitrogen and oxygen atoms in total. The molecule has 0 atom stereocenters. The number of amides is 1. The van der Waals surface area contributed by atoms with Crippen molar-refractivity contribution in [1.29, 1.82) is 0 Å². The Kier molecular flexibility index (Phi) is 6.04. The predicted molar refractivity (Wildman–Crippen MR) is 120 cm³/mol. The molecular formula is C21H19IN2O3S. The summed E-state index contributed by atoms with van der Waals surface area (Å²) >= 11 is 2.22. The number of carbonyl (C=O) groups excluding carboxylic acids is 1. The Morgan fingerprint density at radius 2 is 1.50 bits per heavy atom. The van der Waals surface area contributed by atoms with Crippen molar-refractivity contribution in [2.24, 2.45) is 0 Å². The number of sulfonamides is 1. The summed E-state index contributed by atoms with van der Waals surface area (Å²) in [5.74, 6) is -0.245. The van der Waals surface area contributed by atoms with Crippen LogP contribution in [0.3, 0.4) is 0 Å². The largest absolute Gasteiger partial charge is 0.322 e. The van der Waals surface area contributed by atoms with Crippen LogP contribution in [0, 0.1) is 17.4 Å². The van der Waals surface area contributed by atoms with Crippen LogP contribution < -0.4 is 10.0 Å². The van der Waals surface area contributed by atoms with Gasteiger partial charge in [-0.15, -0.1) is 0 Å². The van der Waals surface area contributed by atoms with Gasteiger partial charge < -0.3 is 5.32 Å². The molecule has 0 saturated carbocycles. The van der Waals surface area contributed by atoms with Crippen LogP contribution in [-0.4, -0.2) is 14.3 Å². The summed E-state index contributed by atoms with van der Waals surface area (Å²) in [5, 5.41) is 2.89. The smallest absolute Gasteiger partial charge is 0.261 e. The van der Waals surface area contributed by atoms with E-state index in [2.05, 4.69) is 32.6 Å². The zero-order chi connectivity index (χ0) is 20.3. The molecule has 28 heavy (non-hydrogen) atoms. The van der Waals surface area contributed by atoms with Crippen LogP contribution in [0.1, 0.15) is 21.5 Å². The summed E-state index contributed by atoms with van der Waals surface area (Å²) in [6.07, 6.45) is 0. The van der Waals surface area contributed by atoms with Crippen molar-refractivity contribution >= 4 is 49.9 Å². The number of halogens is 1. The monoisotopic (exact) mass is 506 g/mol. The number of hydrogen-bond acceptors (Lipinski definition) is 3. The Balaban J connectivity index is 1.79. The van der Waals surface area contributed by atoms with Crippen LogP contribution in [-0.2, 0) is 10.0 Å². The standard InChI is InChI=1S/C21H19IN2O3S/c1-14-12-16(21(25)23-19-11-9-17(22)13-15(19)2)8-10-20(14)24-28(26,27)18-6-4-3-5-7-18/h3-13,24H,1-2H3,(H,23,25). The van der Waals surface area contributed by atoms with Gasteiger partial charge in [-0.3, -0.25) is 9.52 Å². The van der Waals surface area contributed by atoms with Crippen LogP contribution in [0.15, 0.2) is 71.6 Å². The molecule has 7 heteroatoms. The molecule has 2 N–H and O–H groups in total. The number of anilines is 2. The second kappa shape index (κ2) is 8.32. The van der Waals surface area contributed by atoms with Gasteiger partial charge in [-0.2, -0.15) is 0 Å². The van der Waals surface area contributed by atoms with Crippen molar-refractivity contribution < 1.29 is 13.2 Å². The third kappa shape index (κ3) is 4.71. The molecule has 1 amide bonds. The van der Waals surface area contributed by atoms with Crippen molar-refractivity contribution in [1.82, 2.24) is 0 Å². The number of benzene rings is 3. The lowest BCUT2D eigenvalue weighted by Gasteiger charge is -2.13. The first-order chi connectivity index (χ1) is 13.3. The van der Waals surface area contributed by atoms with Gasteiger partial charge >= 0.3 is 0 Å². The number of hydrogen-bond donors (Lipinski definition) is 2. The van der Waals surface area contributed by atoms with Crippen molar-refractivity contribution in [3.8, 4) is 0 Å². The molecule has 144 valence electrons. The summed E-state index contributed by atoms with van der Waals surface area (Å²) < 4.78 is 28.6. The third-order valence-electron chi connectivity index (χ3n) is 4.22. The fourth-order valence-corrected chi connectivity index (χ4v) is 4.48. The van der Waals surface area contributed by atoms with Crippen LogP contribution in [0.5, 0.6) is 0 Å². The van der Waals surface area contributed by atoms with Crippen LogP contribution in [0.25, 0.3) is 0 Å². The van der Waals surface area contributed by atoms with E-state index in [1.807, 2.05) is 25.1 Å². The first-order valence-electron chi connectivity index (χ1n) is 8.52. The number of nitrogens with one attached hydrogen (secondary N) is 2. The highest BCUT2D eigenvalue weighted by Crippen LogP contribution is 2.23. The van der Waals surface area contributed by atoms with Gasteiger partial charge in [0.1, 0.15) is 0 Å². The van der Waals surface area contributed by atoms with Crippen molar-refractivity contribution in [3.05, 3.63) is 87.0 Å². The molecule has 3 aromatic carbocycles. The summed E-state index contributed by atoms with van der Waals surface area (Å²) in [7, 11) is -3.68. The van der Waals surface area contributed by atoms with E-state index in [1.54, 1.807) is 43.3 Å². The highest BCUT2D eigenvalue weighted by molar-refractivity contribution is 14.1. The van der Waals surface area contributed by atoms with Crippen molar-refractivity contribution in [2.45, 2.75) is 18.7 Å². The molecule has 3 rings (SSSR count). The normalized spacial score (nSPS) is 11.1. The Bertz CT molecular complexity index is 1130. The second-order valence-electron chi connectivity index (χ2n) is 6.36. The maximum absolute atomic E-state index is 12.6. The molecule has 0 spiro atoms. The second-order valence-corrected chi connectivity index (χ2v) is 9.29. The molecular weight excluding hydrogens is 487 g/mol. The molecule has 0 bridgehead atoms. The molecule has 0 saturated heterocycles. The lowest BCUT2D eigenvalue weighted by Crippen LogP contribution is -2.15. The quantitative estimate of drug-likeness (QED) is 0.481. The molecule has 3 aromatic rings. The molecule has 0 aromatic heterocycles. The van der Waals surface area contributed by atoms with Gasteiger partial charge in [-0.1, -0.05) is 18.2 Å². The van der Waals surface area contributed by atoms with E-state index >= 15 is 0 Å². The van der Waals surface area contributed by atoms with Crippen LogP contribution in [0.4, 0.5) is 11.4 Å². The predicted octanol–water partition coefficient (Wildman–Crippen LogP) is 4.96. The Labute approximate surface area is 178 Å². The summed E-state index contributed by atoms with van der Waals surface area (Å²) in [6.45, 7) is 3.69.